The minimum absolute atomic E-state index is 0.121. The molecular weight excluding hydrogens is 184 g/mol. The van der Waals surface area contributed by atoms with Gasteiger partial charge in [-0.3, -0.25) is 9.59 Å². The van der Waals surface area contributed by atoms with Gasteiger partial charge in [0.1, 0.15) is 6.54 Å². The fourth-order valence-corrected chi connectivity index (χ4v) is 1.08. The van der Waals surface area contributed by atoms with Gasteiger partial charge in [-0.1, -0.05) is 6.42 Å². The van der Waals surface area contributed by atoms with E-state index in [0.29, 0.717) is 13.0 Å². The Morgan fingerprint density at radius 2 is 1.93 bits per heavy atom. The Bertz CT molecular complexity index is 194. The molecule has 14 heavy (non-hydrogen) atoms. The summed E-state index contributed by atoms with van der Waals surface area (Å²) in [5.74, 6) is -1.10. The maximum absolute atomic E-state index is 11.3. The molecule has 0 atom stereocenters. The Hall–Kier alpha value is -1.10. The lowest BCUT2D eigenvalue weighted by atomic mass is 10.2. The second-order valence-corrected chi connectivity index (χ2v) is 3.24. The average molecular weight is 202 g/mol. The highest BCUT2D eigenvalue weighted by molar-refractivity contribution is 5.80. The SMILES string of the molecule is CN(CC(=O)O)C(=O)CCCCCN. The van der Waals surface area contributed by atoms with Crippen molar-refractivity contribution in [3.05, 3.63) is 0 Å². The first-order valence-electron chi connectivity index (χ1n) is 4.73. The standard InChI is InChI=1S/C9H18N2O3/c1-11(7-9(13)14)8(12)5-3-2-4-6-10/h2-7,10H2,1H3,(H,13,14). The van der Waals surface area contributed by atoms with E-state index < -0.39 is 5.97 Å². The number of rotatable bonds is 7. The molecule has 0 spiro atoms. The van der Waals surface area contributed by atoms with E-state index in [1.807, 2.05) is 0 Å². The maximum Gasteiger partial charge on any atom is 0.323 e. The quantitative estimate of drug-likeness (QED) is 0.571. The molecule has 0 saturated carbocycles. The van der Waals surface area contributed by atoms with Crippen molar-refractivity contribution < 1.29 is 14.7 Å². The third-order valence-electron chi connectivity index (χ3n) is 1.89. The van der Waals surface area contributed by atoms with Crippen molar-refractivity contribution >= 4 is 11.9 Å². The molecule has 0 aliphatic carbocycles. The van der Waals surface area contributed by atoms with Crippen LogP contribution in [0.2, 0.25) is 0 Å². The minimum atomic E-state index is -0.984. The van der Waals surface area contributed by atoms with E-state index in [-0.39, 0.29) is 12.5 Å². The van der Waals surface area contributed by atoms with Crippen molar-refractivity contribution in [2.45, 2.75) is 25.7 Å². The molecule has 0 heterocycles. The van der Waals surface area contributed by atoms with Crippen molar-refractivity contribution in [1.82, 2.24) is 4.90 Å². The van der Waals surface area contributed by atoms with Crippen LogP contribution in [0.4, 0.5) is 0 Å². The summed E-state index contributed by atoms with van der Waals surface area (Å²) in [5, 5.41) is 8.43. The summed E-state index contributed by atoms with van der Waals surface area (Å²) in [7, 11) is 1.50. The molecule has 0 saturated heterocycles. The van der Waals surface area contributed by atoms with Gasteiger partial charge < -0.3 is 15.7 Å². The first-order chi connectivity index (χ1) is 6.57. The van der Waals surface area contributed by atoms with Crippen LogP contribution in [-0.4, -0.2) is 42.0 Å². The second kappa shape index (κ2) is 7.32. The first-order valence-corrected chi connectivity index (χ1v) is 4.73. The highest BCUT2D eigenvalue weighted by Gasteiger charge is 2.10. The Labute approximate surface area is 83.9 Å². The van der Waals surface area contributed by atoms with Crippen LogP contribution in [0, 0.1) is 0 Å². The molecule has 0 fully saturated rings. The van der Waals surface area contributed by atoms with Crippen molar-refractivity contribution in [2.75, 3.05) is 20.1 Å². The smallest absolute Gasteiger partial charge is 0.323 e. The number of carbonyl (C=O) groups is 2. The predicted octanol–water partition coefficient (Wildman–Crippen LogP) is 0.0485. The van der Waals surface area contributed by atoms with Crippen molar-refractivity contribution in [3.63, 3.8) is 0 Å². The minimum Gasteiger partial charge on any atom is -0.480 e. The monoisotopic (exact) mass is 202 g/mol. The number of nitrogens with zero attached hydrogens (tertiary/aromatic N) is 1. The largest absolute Gasteiger partial charge is 0.480 e. The van der Waals surface area contributed by atoms with Gasteiger partial charge in [-0.05, 0) is 19.4 Å². The number of likely N-dealkylation sites (N-methyl/N-ethyl adjacent to an activating group) is 1. The molecule has 0 aliphatic heterocycles. The van der Waals surface area contributed by atoms with Crippen LogP contribution in [0.15, 0.2) is 0 Å². The van der Waals surface area contributed by atoms with Crippen LogP contribution in [-0.2, 0) is 9.59 Å². The molecule has 0 aromatic rings. The van der Waals surface area contributed by atoms with Gasteiger partial charge in [-0.2, -0.15) is 0 Å². The number of nitrogens with two attached hydrogens (primary N) is 1. The molecular formula is C9H18N2O3. The van der Waals surface area contributed by atoms with E-state index in [4.69, 9.17) is 10.8 Å². The van der Waals surface area contributed by atoms with Gasteiger partial charge in [0.15, 0.2) is 0 Å². The number of carbonyl (C=O) groups excluding carboxylic acids is 1. The fraction of sp³-hybridized carbons (Fsp3) is 0.778. The third-order valence-corrected chi connectivity index (χ3v) is 1.89. The molecule has 0 aliphatic rings. The number of carboxylic acid groups (broad SMARTS) is 1. The highest BCUT2D eigenvalue weighted by Crippen LogP contribution is 2.01. The lowest BCUT2D eigenvalue weighted by Gasteiger charge is -2.13. The van der Waals surface area contributed by atoms with Crippen molar-refractivity contribution in [1.29, 1.82) is 0 Å². The summed E-state index contributed by atoms with van der Waals surface area (Å²) in [6.45, 7) is 0.412. The first kappa shape index (κ1) is 12.9. The molecule has 0 rings (SSSR count). The highest BCUT2D eigenvalue weighted by atomic mass is 16.4. The molecule has 0 unspecified atom stereocenters. The topological polar surface area (TPSA) is 83.6 Å². The van der Waals surface area contributed by atoms with Crippen LogP contribution in [0.25, 0.3) is 0 Å². The van der Waals surface area contributed by atoms with Crippen LogP contribution >= 0.6 is 0 Å². The van der Waals surface area contributed by atoms with Gasteiger partial charge >= 0.3 is 5.97 Å². The van der Waals surface area contributed by atoms with E-state index >= 15 is 0 Å². The van der Waals surface area contributed by atoms with Crippen molar-refractivity contribution in [3.8, 4) is 0 Å². The van der Waals surface area contributed by atoms with Gasteiger partial charge in [0.2, 0.25) is 5.91 Å². The molecule has 0 radical (unpaired) electrons. The van der Waals surface area contributed by atoms with E-state index in [9.17, 15) is 9.59 Å². The average Bonchev–Trinajstić information content (AvgIpc) is 2.11. The number of hydrogen-bond donors (Lipinski definition) is 2. The lowest BCUT2D eigenvalue weighted by molar-refractivity contribution is -0.143. The molecule has 5 nitrogen and oxygen atoms in total. The molecule has 0 aromatic carbocycles. The molecule has 5 heteroatoms. The molecule has 1 amide bonds. The van der Waals surface area contributed by atoms with Crippen LogP contribution in [0.5, 0.6) is 0 Å². The number of carboxylic acids is 1. The summed E-state index contributed by atoms with van der Waals surface area (Å²) in [5.41, 5.74) is 5.30. The Morgan fingerprint density at radius 3 is 2.43 bits per heavy atom. The summed E-state index contributed by atoms with van der Waals surface area (Å²) in [6.07, 6.45) is 3.02. The zero-order valence-corrected chi connectivity index (χ0v) is 8.53. The zero-order chi connectivity index (χ0) is 11.0. The number of unbranched alkanes of at least 4 members (excludes halogenated alkanes) is 2. The molecule has 82 valence electrons. The second-order valence-electron chi connectivity index (χ2n) is 3.24. The number of aliphatic carboxylic acids is 1. The van der Waals surface area contributed by atoms with E-state index in [2.05, 4.69) is 0 Å². The summed E-state index contributed by atoms with van der Waals surface area (Å²) < 4.78 is 0. The molecule has 0 bridgehead atoms. The fourth-order valence-electron chi connectivity index (χ4n) is 1.08. The van der Waals surface area contributed by atoms with Crippen molar-refractivity contribution in [2.24, 2.45) is 5.73 Å². The number of amides is 1. The predicted molar refractivity (Wildman–Crippen MR) is 52.8 cm³/mol. The summed E-state index contributed by atoms with van der Waals surface area (Å²) in [6, 6.07) is 0. The summed E-state index contributed by atoms with van der Waals surface area (Å²) in [4.78, 5) is 22.8. The Balaban J connectivity index is 3.57. The third kappa shape index (κ3) is 6.42. The van der Waals surface area contributed by atoms with Crippen LogP contribution in [0.1, 0.15) is 25.7 Å². The van der Waals surface area contributed by atoms with Crippen LogP contribution in [0.3, 0.4) is 0 Å². The summed E-state index contributed by atoms with van der Waals surface area (Å²) >= 11 is 0. The number of hydrogen-bond acceptors (Lipinski definition) is 3. The Kier molecular flexibility index (Phi) is 6.74. The van der Waals surface area contributed by atoms with Gasteiger partial charge in [0.25, 0.3) is 0 Å². The van der Waals surface area contributed by atoms with E-state index in [1.54, 1.807) is 0 Å². The van der Waals surface area contributed by atoms with Crippen LogP contribution < -0.4 is 5.73 Å². The Morgan fingerprint density at radius 1 is 1.29 bits per heavy atom. The van der Waals surface area contributed by atoms with Gasteiger partial charge in [0, 0.05) is 13.5 Å². The molecule has 3 N–H and O–H groups in total. The maximum atomic E-state index is 11.3. The molecule has 0 aromatic heterocycles. The normalized spacial score (nSPS) is 9.86. The van der Waals surface area contributed by atoms with Gasteiger partial charge in [-0.25, -0.2) is 0 Å². The van der Waals surface area contributed by atoms with Gasteiger partial charge in [0.05, 0.1) is 0 Å². The van der Waals surface area contributed by atoms with E-state index in [0.717, 1.165) is 19.3 Å². The van der Waals surface area contributed by atoms with Gasteiger partial charge in [-0.15, -0.1) is 0 Å². The lowest BCUT2D eigenvalue weighted by Crippen LogP contribution is -2.31. The zero-order valence-electron chi connectivity index (χ0n) is 8.53. The van der Waals surface area contributed by atoms with E-state index in [1.165, 1.54) is 11.9 Å².